The Labute approximate surface area is 137 Å². The summed E-state index contributed by atoms with van der Waals surface area (Å²) in [6, 6.07) is 7.06. The van der Waals surface area contributed by atoms with Crippen molar-refractivity contribution in [3.05, 3.63) is 46.5 Å². The molecule has 2 aromatic rings. The lowest BCUT2D eigenvalue weighted by atomic mass is 10.1. The van der Waals surface area contributed by atoms with E-state index in [0.29, 0.717) is 23.6 Å². The van der Waals surface area contributed by atoms with Crippen LogP contribution in [0.25, 0.3) is 11.3 Å². The molecule has 0 radical (unpaired) electrons. The Morgan fingerprint density at radius 3 is 2.58 bits per heavy atom. The highest BCUT2D eigenvalue weighted by molar-refractivity contribution is 5.94. The number of ether oxygens (including phenoxy) is 2. The molecule has 126 valence electrons. The van der Waals surface area contributed by atoms with Crippen molar-refractivity contribution in [2.45, 2.75) is 6.92 Å². The van der Waals surface area contributed by atoms with E-state index in [4.69, 9.17) is 4.74 Å². The minimum Gasteiger partial charge on any atom is -0.494 e. The predicted octanol–water partition coefficient (Wildman–Crippen LogP) is 0.738. The fourth-order valence-electron chi connectivity index (χ4n) is 1.90. The molecule has 0 aliphatic carbocycles. The lowest BCUT2D eigenvalue weighted by Crippen LogP contribution is -2.34. The molecule has 2 rings (SSSR count). The first kappa shape index (κ1) is 17.2. The van der Waals surface area contributed by atoms with Gasteiger partial charge in [-0.15, -0.1) is 0 Å². The van der Waals surface area contributed by atoms with E-state index in [1.165, 1.54) is 13.3 Å². The third-order valence-corrected chi connectivity index (χ3v) is 3.08. The van der Waals surface area contributed by atoms with E-state index >= 15 is 0 Å². The summed E-state index contributed by atoms with van der Waals surface area (Å²) in [5, 5.41) is 2.28. The first-order valence-corrected chi connectivity index (χ1v) is 7.23. The molecule has 0 saturated heterocycles. The number of carbonyl (C=O) groups is 2. The molecule has 1 heterocycles. The number of hydrogen-bond donors (Lipinski definition) is 2. The number of nitrogens with zero attached hydrogens (tertiary/aromatic N) is 1. The van der Waals surface area contributed by atoms with Gasteiger partial charge in [0.15, 0.2) is 5.69 Å². The average molecular weight is 331 g/mol. The van der Waals surface area contributed by atoms with Crippen LogP contribution >= 0.6 is 0 Å². The van der Waals surface area contributed by atoms with Crippen LogP contribution in [-0.4, -0.2) is 42.1 Å². The number of nitrogens with one attached hydrogen (secondary N) is 2. The summed E-state index contributed by atoms with van der Waals surface area (Å²) in [5.41, 5.74) is 0.148. The van der Waals surface area contributed by atoms with Gasteiger partial charge in [-0.25, -0.2) is 4.98 Å². The van der Waals surface area contributed by atoms with Crippen LogP contribution in [0.4, 0.5) is 0 Å². The van der Waals surface area contributed by atoms with Crippen molar-refractivity contribution >= 4 is 11.9 Å². The summed E-state index contributed by atoms with van der Waals surface area (Å²) in [7, 11) is 1.20. The molecule has 1 aromatic heterocycles. The number of amides is 1. The Morgan fingerprint density at radius 2 is 1.96 bits per heavy atom. The van der Waals surface area contributed by atoms with Gasteiger partial charge in [0.2, 0.25) is 0 Å². The second-order valence-corrected chi connectivity index (χ2v) is 4.68. The van der Waals surface area contributed by atoms with Gasteiger partial charge < -0.3 is 19.8 Å². The van der Waals surface area contributed by atoms with Crippen molar-refractivity contribution in [2.75, 3.05) is 20.3 Å². The van der Waals surface area contributed by atoms with Crippen LogP contribution in [0.15, 0.2) is 35.3 Å². The SMILES string of the molecule is CCOc1ccc(-c2c[nH]c(=O)c(C(=O)NCC(=O)OC)n2)cc1. The van der Waals surface area contributed by atoms with E-state index in [1.54, 1.807) is 24.3 Å². The molecule has 0 aliphatic rings. The maximum absolute atomic E-state index is 12.0. The molecule has 0 unspecified atom stereocenters. The zero-order valence-electron chi connectivity index (χ0n) is 13.3. The number of H-pyrrole nitrogens is 1. The highest BCUT2D eigenvalue weighted by Crippen LogP contribution is 2.19. The third-order valence-electron chi connectivity index (χ3n) is 3.08. The molecular weight excluding hydrogens is 314 g/mol. The van der Waals surface area contributed by atoms with Crippen LogP contribution in [0.3, 0.4) is 0 Å². The zero-order valence-corrected chi connectivity index (χ0v) is 13.3. The predicted molar refractivity (Wildman–Crippen MR) is 85.8 cm³/mol. The third kappa shape index (κ3) is 4.19. The number of benzene rings is 1. The van der Waals surface area contributed by atoms with Crippen LogP contribution in [-0.2, 0) is 9.53 Å². The van der Waals surface area contributed by atoms with Crippen LogP contribution in [0.2, 0.25) is 0 Å². The highest BCUT2D eigenvalue weighted by atomic mass is 16.5. The highest BCUT2D eigenvalue weighted by Gasteiger charge is 2.15. The monoisotopic (exact) mass is 331 g/mol. The van der Waals surface area contributed by atoms with Crippen LogP contribution in [0, 0.1) is 0 Å². The molecule has 0 atom stereocenters. The number of rotatable bonds is 6. The topological polar surface area (TPSA) is 110 Å². The molecule has 1 amide bonds. The van der Waals surface area contributed by atoms with E-state index in [2.05, 4.69) is 20.0 Å². The number of esters is 1. The molecule has 0 fully saturated rings. The van der Waals surface area contributed by atoms with E-state index in [0.717, 1.165) is 0 Å². The van der Waals surface area contributed by atoms with Gasteiger partial charge in [0, 0.05) is 11.8 Å². The van der Waals surface area contributed by atoms with Crippen molar-refractivity contribution in [2.24, 2.45) is 0 Å². The lowest BCUT2D eigenvalue weighted by molar-refractivity contribution is -0.139. The Morgan fingerprint density at radius 1 is 1.25 bits per heavy atom. The fourth-order valence-corrected chi connectivity index (χ4v) is 1.90. The molecule has 1 aromatic carbocycles. The summed E-state index contributed by atoms with van der Waals surface area (Å²) in [6.07, 6.45) is 1.41. The molecule has 24 heavy (non-hydrogen) atoms. The second-order valence-electron chi connectivity index (χ2n) is 4.68. The maximum atomic E-state index is 12.0. The summed E-state index contributed by atoms with van der Waals surface area (Å²) in [5.74, 6) is -0.668. The van der Waals surface area contributed by atoms with Crippen LogP contribution in [0.1, 0.15) is 17.4 Å². The van der Waals surface area contributed by atoms with Gasteiger partial charge in [0.1, 0.15) is 12.3 Å². The van der Waals surface area contributed by atoms with E-state index in [9.17, 15) is 14.4 Å². The molecule has 0 saturated carbocycles. The number of aromatic nitrogens is 2. The standard InChI is InChI=1S/C16H17N3O5/c1-3-24-11-6-4-10(5-7-11)12-8-17-15(21)14(19-12)16(22)18-9-13(20)23-2/h4-8H,3,9H2,1-2H3,(H,17,21)(H,18,22). The maximum Gasteiger partial charge on any atom is 0.325 e. The van der Waals surface area contributed by atoms with Crippen molar-refractivity contribution in [1.82, 2.24) is 15.3 Å². The first-order valence-electron chi connectivity index (χ1n) is 7.23. The van der Waals surface area contributed by atoms with Crippen molar-refractivity contribution in [3.63, 3.8) is 0 Å². The number of carbonyl (C=O) groups excluding carboxylic acids is 2. The van der Waals surface area contributed by atoms with Gasteiger partial charge in [-0.2, -0.15) is 0 Å². The number of aromatic amines is 1. The molecule has 8 heteroatoms. The van der Waals surface area contributed by atoms with E-state index in [-0.39, 0.29) is 12.2 Å². The van der Waals surface area contributed by atoms with Crippen molar-refractivity contribution < 1.29 is 19.1 Å². The van der Waals surface area contributed by atoms with Gasteiger partial charge >= 0.3 is 5.97 Å². The summed E-state index contributed by atoms with van der Waals surface area (Å²) >= 11 is 0. The summed E-state index contributed by atoms with van der Waals surface area (Å²) in [6.45, 7) is 2.10. The van der Waals surface area contributed by atoms with Crippen LogP contribution < -0.4 is 15.6 Å². The Bertz CT molecular complexity index is 783. The minimum absolute atomic E-state index is 0.328. The summed E-state index contributed by atoms with van der Waals surface area (Å²) in [4.78, 5) is 41.4. The van der Waals surface area contributed by atoms with Gasteiger partial charge in [0.05, 0.1) is 19.4 Å². The van der Waals surface area contributed by atoms with Crippen LogP contribution in [0.5, 0.6) is 5.75 Å². The summed E-state index contributed by atoms with van der Waals surface area (Å²) < 4.78 is 9.78. The van der Waals surface area contributed by atoms with Gasteiger partial charge in [-0.05, 0) is 31.2 Å². The van der Waals surface area contributed by atoms with Gasteiger partial charge in [0.25, 0.3) is 11.5 Å². The van der Waals surface area contributed by atoms with Gasteiger partial charge in [-0.1, -0.05) is 0 Å². The molecule has 8 nitrogen and oxygen atoms in total. The normalized spacial score (nSPS) is 10.1. The van der Waals surface area contributed by atoms with E-state index in [1.807, 2.05) is 6.92 Å². The molecule has 0 spiro atoms. The van der Waals surface area contributed by atoms with Gasteiger partial charge in [-0.3, -0.25) is 14.4 Å². The molecule has 0 aliphatic heterocycles. The quantitative estimate of drug-likeness (QED) is 0.755. The Balaban J connectivity index is 2.23. The van der Waals surface area contributed by atoms with Crippen molar-refractivity contribution in [3.8, 4) is 17.0 Å². The molecule has 0 bridgehead atoms. The largest absolute Gasteiger partial charge is 0.494 e. The van der Waals surface area contributed by atoms with E-state index < -0.39 is 17.4 Å². The van der Waals surface area contributed by atoms with Crippen molar-refractivity contribution in [1.29, 1.82) is 0 Å². The molecule has 2 N–H and O–H groups in total. The minimum atomic E-state index is -0.755. The number of hydrogen-bond acceptors (Lipinski definition) is 6. The lowest BCUT2D eigenvalue weighted by Gasteiger charge is -2.06. The smallest absolute Gasteiger partial charge is 0.325 e. The first-order chi connectivity index (χ1) is 11.5. The zero-order chi connectivity index (χ0) is 17.5. The fraction of sp³-hybridized carbons (Fsp3) is 0.250. The number of methoxy groups -OCH3 is 1. The average Bonchev–Trinajstić information content (AvgIpc) is 2.60. The molecular formula is C16H17N3O5. The Kier molecular flexibility index (Phi) is 5.67. The second kappa shape index (κ2) is 7.91. The Hall–Kier alpha value is -3.16.